The number of hydrogen-bond acceptors (Lipinski definition) is 3. The molecule has 1 aliphatic rings. The second kappa shape index (κ2) is 6.31. The molecule has 1 aliphatic carbocycles. The monoisotopic (exact) mass is 350 g/mol. The molecule has 5 nitrogen and oxygen atoms in total. The molecule has 2 N–H and O–H groups in total. The van der Waals surface area contributed by atoms with Crippen molar-refractivity contribution >= 4 is 33.2 Å². The van der Waals surface area contributed by atoms with Gasteiger partial charge in [-0.15, -0.1) is 0 Å². The van der Waals surface area contributed by atoms with Crippen molar-refractivity contribution in [3.8, 4) is 0 Å². The molecule has 0 saturated heterocycles. The van der Waals surface area contributed by atoms with Crippen molar-refractivity contribution in [2.75, 3.05) is 5.32 Å². The predicted octanol–water partition coefficient (Wildman–Crippen LogP) is 3.03. The summed E-state index contributed by atoms with van der Waals surface area (Å²) in [5, 5.41) is 3.23. The van der Waals surface area contributed by atoms with E-state index >= 15 is 0 Å². The van der Waals surface area contributed by atoms with Crippen molar-refractivity contribution in [3.63, 3.8) is 0 Å². The van der Waals surface area contributed by atoms with E-state index in [0.29, 0.717) is 16.3 Å². The Hall–Kier alpha value is -1.89. The minimum absolute atomic E-state index is 0.0470. The zero-order valence-electron chi connectivity index (χ0n) is 12.1. The van der Waals surface area contributed by atoms with Gasteiger partial charge in [0, 0.05) is 22.3 Å². The lowest BCUT2D eigenvalue weighted by Gasteiger charge is -2.08. The van der Waals surface area contributed by atoms with Gasteiger partial charge in [0.25, 0.3) is 5.91 Å². The second-order valence-electron chi connectivity index (χ2n) is 5.38. The van der Waals surface area contributed by atoms with Crippen LogP contribution < -0.4 is 10.0 Å². The van der Waals surface area contributed by atoms with E-state index < -0.39 is 10.0 Å². The van der Waals surface area contributed by atoms with Gasteiger partial charge in [-0.2, -0.15) is 0 Å². The molecule has 2 aromatic carbocycles. The molecule has 3 rings (SSSR count). The summed E-state index contributed by atoms with van der Waals surface area (Å²) in [7, 11) is -3.50. The van der Waals surface area contributed by atoms with E-state index in [0.717, 1.165) is 12.8 Å². The Kier molecular flexibility index (Phi) is 4.39. The Labute approximate surface area is 139 Å². The molecule has 0 unspecified atom stereocenters. The normalized spacial score (nSPS) is 14.5. The molecule has 0 atom stereocenters. The Morgan fingerprint density at radius 3 is 2.39 bits per heavy atom. The average Bonchev–Trinajstić information content (AvgIpc) is 3.30. The van der Waals surface area contributed by atoms with Crippen molar-refractivity contribution in [1.82, 2.24) is 4.72 Å². The molecule has 1 fully saturated rings. The van der Waals surface area contributed by atoms with Gasteiger partial charge in [0.15, 0.2) is 0 Å². The van der Waals surface area contributed by atoms with Crippen LogP contribution in [0.4, 0.5) is 5.69 Å². The van der Waals surface area contributed by atoms with Crippen LogP contribution >= 0.6 is 11.6 Å². The number of amides is 1. The first-order valence-electron chi connectivity index (χ1n) is 7.13. The molecule has 2 aromatic rings. The highest BCUT2D eigenvalue weighted by Crippen LogP contribution is 2.22. The zero-order valence-corrected chi connectivity index (χ0v) is 13.7. The Balaban J connectivity index is 1.72. The number of rotatable bonds is 5. The van der Waals surface area contributed by atoms with E-state index in [2.05, 4.69) is 10.0 Å². The standard InChI is InChI=1S/C16H15ClN2O3S/c17-12-2-1-3-14(10-12)18-16(20)11-4-8-15(9-5-11)23(21,22)19-13-6-7-13/h1-5,8-10,13,19H,6-7H2,(H,18,20). The maximum atomic E-state index is 12.2. The first-order chi connectivity index (χ1) is 10.9. The topological polar surface area (TPSA) is 75.3 Å². The molecule has 120 valence electrons. The fourth-order valence-electron chi connectivity index (χ4n) is 2.04. The molecule has 1 saturated carbocycles. The van der Waals surface area contributed by atoms with Crippen molar-refractivity contribution in [2.45, 2.75) is 23.8 Å². The largest absolute Gasteiger partial charge is 0.322 e. The molecular weight excluding hydrogens is 336 g/mol. The SMILES string of the molecule is O=C(Nc1cccc(Cl)c1)c1ccc(S(=O)(=O)NC2CC2)cc1. The van der Waals surface area contributed by atoms with Crippen LogP contribution in [0.3, 0.4) is 0 Å². The molecule has 0 aliphatic heterocycles. The van der Waals surface area contributed by atoms with Gasteiger partial charge in [0.05, 0.1) is 4.90 Å². The van der Waals surface area contributed by atoms with Crippen molar-refractivity contribution < 1.29 is 13.2 Å². The molecule has 23 heavy (non-hydrogen) atoms. The fraction of sp³-hybridized carbons (Fsp3) is 0.188. The maximum Gasteiger partial charge on any atom is 0.255 e. The van der Waals surface area contributed by atoms with Crippen LogP contribution in [0.2, 0.25) is 5.02 Å². The summed E-state index contributed by atoms with van der Waals surface area (Å²) in [6.45, 7) is 0. The van der Waals surface area contributed by atoms with Crippen molar-refractivity contribution in [3.05, 3.63) is 59.1 Å². The fourth-order valence-corrected chi connectivity index (χ4v) is 3.54. The van der Waals surface area contributed by atoms with Gasteiger partial charge >= 0.3 is 0 Å². The van der Waals surface area contributed by atoms with Crippen LogP contribution in [-0.2, 0) is 10.0 Å². The van der Waals surface area contributed by atoms with Gasteiger partial charge < -0.3 is 5.32 Å². The number of carbonyl (C=O) groups excluding carboxylic acids is 1. The minimum Gasteiger partial charge on any atom is -0.322 e. The van der Waals surface area contributed by atoms with Gasteiger partial charge in [-0.05, 0) is 55.3 Å². The highest BCUT2D eigenvalue weighted by Gasteiger charge is 2.27. The molecule has 0 spiro atoms. The van der Waals surface area contributed by atoms with Gasteiger partial charge in [0.1, 0.15) is 0 Å². The van der Waals surface area contributed by atoms with Crippen molar-refractivity contribution in [2.24, 2.45) is 0 Å². The molecular formula is C16H15ClN2O3S. The maximum absolute atomic E-state index is 12.2. The van der Waals surface area contributed by atoms with Crippen LogP contribution in [0.15, 0.2) is 53.4 Å². The lowest BCUT2D eigenvalue weighted by Crippen LogP contribution is -2.25. The third kappa shape index (κ3) is 4.10. The Morgan fingerprint density at radius 1 is 1.09 bits per heavy atom. The summed E-state index contributed by atoms with van der Waals surface area (Å²) in [6.07, 6.45) is 1.75. The van der Waals surface area contributed by atoms with Crippen LogP contribution in [0.25, 0.3) is 0 Å². The summed E-state index contributed by atoms with van der Waals surface area (Å²) < 4.78 is 26.7. The average molecular weight is 351 g/mol. The molecule has 0 heterocycles. The second-order valence-corrected chi connectivity index (χ2v) is 7.53. The van der Waals surface area contributed by atoms with E-state index in [1.54, 1.807) is 24.3 Å². The first-order valence-corrected chi connectivity index (χ1v) is 8.99. The number of halogens is 1. The number of hydrogen-bond donors (Lipinski definition) is 2. The van der Waals surface area contributed by atoms with Gasteiger partial charge in [-0.25, -0.2) is 13.1 Å². The molecule has 7 heteroatoms. The van der Waals surface area contributed by atoms with Gasteiger partial charge in [-0.1, -0.05) is 17.7 Å². The third-order valence-electron chi connectivity index (χ3n) is 3.41. The summed E-state index contributed by atoms with van der Waals surface area (Å²) >= 11 is 5.87. The lowest BCUT2D eigenvalue weighted by molar-refractivity contribution is 0.102. The summed E-state index contributed by atoms with van der Waals surface area (Å²) in [5.41, 5.74) is 0.949. The number of sulfonamides is 1. The molecule has 0 radical (unpaired) electrons. The minimum atomic E-state index is -3.50. The summed E-state index contributed by atoms with van der Waals surface area (Å²) in [6, 6.07) is 12.7. The quantitative estimate of drug-likeness (QED) is 0.870. The highest BCUT2D eigenvalue weighted by molar-refractivity contribution is 7.89. The number of benzene rings is 2. The highest BCUT2D eigenvalue weighted by atomic mass is 35.5. The van der Waals surface area contributed by atoms with Crippen molar-refractivity contribution in [1.29, 1.82) is 0 Å². The number of anilines is 1. The van der Waals surface area contributed by atoms with E-state index in [4.69, 9.17) is 11.6 Å². The van der Waals surface area contributed by atoms with E-state index in [-0.39, 0.29) is 16.8 Å². The third-order valence-corrected chi connectivity index (χ3v) is 5.18. The molecule has 0 bridgehead atoms. The van der Waals surface area contributed by atoms with E-state index in [1.807, 2.05) is 0 Å². The zero-order chi connectivity index (χ0) is 16.4. The van der Waals surface area contributed by atoms with Gasteiger partial charge in [-0.3, -0.25) is 4.79 Å². The van der Waals surface area contributed by atoms with Crippen LogP contribution in [0.5, 0.6) is 0 Å². The molecule has 0 aromatic heterocycles. The van der Waals surface area contributed by atoms with Crippen LogP contribution in [-0.4, -0.2) is 20.4 Å². The van der Waals surface area contributed by atoms with Crippen LogP contribution in [0, 0.1) is 0 Å². The van der Waals surface area contributed by atoms with Crippen LogP contribution in [0.1, 0.15) is 23.2 Å². The summed E-state index contributed by atoms with van der Waals surface area (Å²) in [5.74, 6) is -0.327. The van der Waals surface area contributed by atoms with E-state index in [9.17, 15) is 13.2 Å². The predicted molar refractivity (Wildman–Crippen MR) is 89.2 cm³/mol. The smallest absolute Gasteiger partial charge is 0.255 e. The number of carbonyl (C=O) groups is 1. The summed E-state index contributed by atoms with van der Waals surface area (Å²) in [4.78, 5) is 12.3. The molecule has 1 amide bonds. The Bertz CT molecular complexity index is 831. The Morgan fingerprint density at radius 2 is 1.78 bits per heavy atom. The first kappa shape index (κ1) is 16.0. The lowest BCUT2D eigenvalue weighted by atomic mass is 10.2. The van der Waals surface area contributed by atoms with Gasteiger partial charge in [0.2, 0.25) is 10.0 Å². The number of nitrogens with one attached hydrogen (secondary N) is 2. The van der Waals surface area contributed by atoms with E-state index in [1.165, 1.54) is 24.3 Å².